The van der Waals surface area contributed by atoms with Gasteiger partial charge in [-0.1, -0.05) is 29.4 Å². The molecule has 1 aliphatic heterocycles. The summed E-state index contributed by atoms with van der Waals surface area (Å²) in [5.41, 5.74) is 1.42. The standard InChI is InChI=1S/C19H17N5O2S/c1-2-8-21-17(25)14-5-3-13(4-6-14)16-10-22-19(27-16)23-18(26)15-7-9-24(11-15)12-20/h1,3-6,10,15H,7-9,11H2,(H,21,25)(H,22,23,26)/t15-/m0/s1. The number of thiazole rings is 1. The fourth-order valence-corrected chi connectivity index (χ4v) is 3.58. The molecule has 0 bridgehead atoms. The average Bonchev–Trinajstić information content (AvgIpc) is 3.35. The number of hydrogen-bond donors (Lipinski definition) is 2. The molecule has 0 radical (unpaired) electrons. The van der Waals surface area contributed by atoms with Crippen molar-refractivity contribution in [2.75, 3.05) is 25.0 Å². The largest absolute Gasteiger partial charge is 0.341 e. The Morgan fingerprint density at radius 2 is 2.15 bits per heavy atom. The molecule has 1 aromatic heterocycles. The molecule has 2 N–H and O–H groups in total. The van der Waals surface area contributed by atoms with Crippen LogP contribution in [0.4, 0.5) is 5.13 Å². The molecule has 3 rings (SSSR count). The molecule has 2 heterocycles. The van der Waals surface area contributed by atoms with Gasteiger partial charge < -0.3 is 15.5 Å². The summed E-state index contributed by atoms with van der Waals surface area (Å²) in [6.45, 7) is 1.24. The summed E-state index contributed by atoms with van der Waals surface area (Å²) < 4.78 is 0. The number of likely N-dealkylation sites (tertiary alicyclic amines) is 1. The van der Waals surface area contributed by atoms with E-state index in [1.807, 2.05) is 12.1 Å². The number of rotatable bonds is 5. The van der Waals surface area contributed by atoms with Crippen LogP contribution in [0.15, 0.2) is 30.5 Å². The number of nitriles is 1. The van der Waals surface area contributed by atoms with Gasteiger partial charge in [-0.25, -0.2) is 4.98 Å². The second-order valence-corrected chi connectivity index (χ2v) is 7.05. The predicted molar refractivity (Wildman–Crippen MR) is 103 cm³/mol. The predicted octanol–water partition coefficient (Wildman–Crippen LogP) is 1.91. The zero-order chi connectivity index (χ0) is 19.2. The first-order valence-corrected chi connectivity index (χ1v) is 9.16. The van der Waals surface area contributed by atoms with Gasteiger partial charge in [-0.05, 0) is 24.1 Å². The number of hydrogen-bond acceptors (Lipinski definition) is 6. The van der Waals surface area contributed by atoms with Crippen LogP contribution in [0.1, 0.15) is 16.8 Å². The quantitative estimate of drug-likeness (QED) is 0.611. The van der Waals surface area contributed by atoms with Crippen LogP contribution in [-0.4, -0.2) is 41.3 Å². The third-order valence-electron chi connectivity index (χ3n) is 4.22. The number of carbonyl (C=O) groups excluding carboxylic acids is 2. The molecular formula is C19H17N5O2S. The Hall–Kier alpha value is -3.36. The second kappa shape index (κ2) is 8.35. The normalized spacial score (nSPS) is 15.6. The Kier molecular flexibility index (Phi) is 5.70. The number of amides is 2. The van der Waals surface area contributed by atoms with E-state index in [0.29, 0.717) is 30.2 Å². The number of carbonyl (C=O) groups is 2. The van der Waals surface area contributed by atoms with Crippen molar-refractivity contribution in [1.82, 2.24) is 15.2 Å². The van der Waals surface area contributed by atoms with Crippen LogP contribution in [0.2, 0.25) is 0 Å². The first-order valence-electron chi connectivity index (χ1n) is 8.34. The van der Waals surface area contributed by atoms with Gasteiger partial charge in [0.1, 0.15) is 0 Å². The lowest BCUT2D eigenvalue weighted by Gasteiger charge is -2.08. The molecule has 8 heteroatoms. The highest BCUT2D eigenvalue weighted by molar-refractivity contribution is 7.19. The molecule has 1 saturated heterocycles. The van der Waals surface area contributed by atoms with Crippen LogP contribution >= 0.6 is 11.3 Å². The molecule has 0 aliphatic carbocycles. The summed E-state index contributed by atoms with van der Waals surface area (Å²) in [4.78, 5) is 30.9. The fourth-order valence-electron chi connectivity index (χ4n) is 2.76. The third kappa shape index (κ3) is 4.43. The summed E-state index contributed by atoms with van der Waals surface area (Å²) in [6.07, 6.45) is 9.54. The summed E-state index contributed by atoms with van der Waals surface area (Å²) in [5.74, 6) is 1.82. The van der Waals surface area contributed by atoms with Crippen LogP contribution in [0.3, 0.4) is 0 Å². The Balaban J connectivity index is 1.62. The van der Waals surface area contributed by atoms with E-state index in [1.54, 1.807) is 23.2 Å². The first-order chi connectivity index (χ1) is 13.1. The number of terminal acetylenes is 1. The zero-order valence-electron chi connectivity index (χ0n) is 14.4. The van der Waals surface area contributed by atoms with E-state index in [4.69, 9.17) is 11.7 Å². The lowest BCUT2D eigenvalue weighted by atomic mass is 10.1. The number of aromatic nitrogens is 1. The van der Waals surface area contributed by atoms with Gasteiger partial charge in [-0.15, -0.1) is 6.42 Å². The minimum atomic E-state index is -0.222. The molecule has 27 heavy (non-hydrogen) atoms. The zero-order valence-corrected chi connectivity index (χ0v) is 15.3. The molecule has 2 aromatic rings. The maximum atomic E-state index is 12.3. The van der Waals surface area contributed by atoms with Gasteiger partial charge in [0.2, 0.25) is 5.91 Å². The first kappa shape index (κ1) is 18.4. The van der Waals surface area contributed by atoms with Crippen LogP contribution < -0.4 is 10.6 Å². The van der Waals surface area contributed by atoms with Gasteiger partial charge in [0.05, 0.1) is 17.3 Å². The van der Waals surface area contributed by atoms with Crippen molar-refractivity contribution in [3.05, 3.63) is 36.0 Å². The monoisotopic (exact) mass is 379 g/mol. The van der Waals surface area contributed by atoms with Gasteiger partial charge >= 0.3 is 0 Å². The van der Waals surface area contributed by atoms with Crippen molar-refractivity contribution >= 4 is 28.3 Å². The van der Waals surface area contributed by atoms with E-state index in [0.717, 1.165) is 10.4 Å². The van der Waals surface area contributed by atoms with E-state index in [1.165, 1.54) is 11.3 Å². The van der Waals surface area contributed by atoms with Crippen molar-refractivity contribution < 1.29 is 9.59 Å². The summed E-state index contributed by atoms with van der Waals surface area (Å²) in [5, 5.41) is 14.8. The number of benzene rings is 1. The molecule has 1 aliphatic rings. The Labute approximate surface area is 161 Å². The molecule has 0 unspecified atom stereocenters. The van der Waals surface area contributed by atoms with E-state index in [9.17, 15) is 9.59 Å². The van der Waals surface area contributed by atoms with Gasteiger partial charge in [0, 0.05) is 24.8 Å². The molecule has 1 fully saturated rings. The highest BCUT2D eigenvalue weighted by Gasteiger charge is 2.28. The van der Waals surface area contributed by atoms with Crippen molar-refractivity contribution in [2.24, 2.45) is 5.92 Å². The molecule has 1 aromatic carbocycles. The van der Waals surface area contributed by atoms with E-state index in [-0.39, 0.29) is 24.3 Å². The maximum Gasteiger partial charge on any atom is 0.252 e. The van der Waals surface area contributed by atoms with Crippen LogP contribution in [0.5, 0.6) is 0 Å². The lowest BCUT2D eigenvalue weighted by molar-refractivity contribution is -0.119. The minimum absolute atomic E-state index is 0.116. The van der Waals surface area contributed by atoms with Crippen molar-refractivity contribution in [2.45, 2.75) is 6.42 Å². The van der Waals surface area contributed by atoms with Crippen molar-refractivity contribution in [3.63, 3.8) is 0 Å². The van der Waals surface area contributed by atoms with Gasteiger partial charge in [0.25, 0.3) is 5.91 Å². The van der Waals surface area contributed by atoms with Gasteiger partial charge in [-0.2, -0.15) is 5.26 Å². The number of nitrogens with zero attached hydrogens (tertiary/aromatic N) is 3. The molecule has 136 valence electrons. The number of anilines is 1. The summed E-state index contributed by atoms with van der Waals surface area (Å²) in [6, 6.07) is 7.08. The topological polar surface area (TPSA) is 98.1 Å². The molecule has 2 amide bonds. The average molecular weight is 379 g/mol. The highest BCUT2D eigenvalue weighted by Crippen LogP contribution is 2.29. The fraction of sp³-hybridized carbons (Fsp3) is 0.263. The lowest BCUT2D eigenvalue weighted by Crippen LogP contribution is -2.25. The van der Waals surface area contributed by atoms with Crippen molar-refractivity contribution in [1.29, 1.82) is 5.26 Å². The molecule has 7 nitrogen and oxygen atoms in total. The molecule has 0 saturated carbocycles. The third-order valence-corrected chi connectivity index (χ3v) is 5.18. The van der Waals surface area contributed by atoms with Gasteiger partial charge in [-0.3, -0.25) is 9.59 Å². The van der Waals surface area contributed by atoms with Crippen molar-refractivity contribution in [3.8, 4) is 29.0 Å². The van der Waals surface area contributed by atoms with Crippen LogP contribution in [0.25, 0.3) is 10.4 Å². The second-order valence-electron chi connectivity index (χ2n) is 6.01. The minimum Gasteiger partial charge on any atom is -0.341 e. The number of nitrogens with one attached hydrogen (secondary N) is 2. The Morgan fingerprint density at radius 1 is 1.37 bits per heavy atom. The summed E-state index contributed by atoms with van der Waals surface area (Å²) >= 11 is 1.36. The molecule has 1 atom stereocenters. The van der Waals surface area contributed by atoms with Crippen LogP contribution in [-0.2, 0) is 4.79 Å². The Bertz CT molecular complexity index is 923. The van der Waals surface area contributed by atoms with E-state index >= 15 is 0 Å². The van der Waals surface area contributed by atoms with Gasteiger partial charge in [0.15, 0.2) is 11.3 Å². The maximum absolute atomic E-state index is 12.3. The Morgan fingerprint density at radius 3 is 2.81 bits per heavy atom. The molecular weight excluding hydrogens is 362 g/mol. The molecule has 0 spiro atoms. The highest BCUT2D eigenvalue weighted by atomic mass is 32.1. The SMILES string of the molecule is C#CCNC(=O)c1ccc(-c2cnc(NC(=O)[C@H]3CCN(C#N)C3)s2)cc1. The smallest absolute Gasteiger partial charge is 0.252 e. The van der Waals surface area contributed by atoms with Crippen LogP contribution in [0, 0.1) is 29.7 Å². The van der Waals surface area contributed by atoms with E-state index < -0.39 is 0 Å². The van der Waals surface area contributed by atoms with E-state index in [2.05, 4.69) is 27.7 Å². The summed E-state index contributed by atoms with van der Waals surface area (Å²) in [7, 11) is 0.